The number of rotatable bonds is 8. The van der Waals surface area contributed by atoms with Crippen LogP contribution in [0.1, 0.15) is 23.6 Å². The molecule has 2 aromatic carbocycles. The second kappa shape index (κ2) is 10.7. The summed E-state index contributed by atoms with van der Waals surface area (Å²) in [6.07, 6.45) is 1.00. The van der Waals surface area contributed by atoms with Crippen LogP contribution in [0.15, 0.2) is 48.5 Å². The van der Waals surface area contributed by atoms with Crippen LogP contribution in [-0.2, 0) is 11.2 Å². The van der Waals surface area contributed by atoms with Crippen molar-refractivity contribution >= 4 is 18.3 Å². The van der Waals surface area contributed by atoms with E-state index in [1.807, 2.05) is 31.3 Å². The van der Waals surface area contributed by atoms with Crippen LogP contribution in [0.3, 0.4) is 0 Å². The average molecular weight is 367 g/mol. The summed E-state index contributed by atoms with van der Waals surface area (Å²) in [5.74, 6) is 0.478. The van der Waals surface area contributed by atoms with Gasteiger partial charge in [0.15, 0.2) is 0 Å². The maximum absolute atomic E-state index is 13.1. The van der Waals surface area contributed by atoms with Gasteiger partial charge in [0.2, 0.25) is 5.91 Å². The lowest BCUT2D eigenvalue weighted by Crippen LogP contribution is -2.31. The van der Waals surface area contributed by atoms with Gasteiger partial charge in [-0.1, -0.05) is 24.3 Å². The minimum atomic E-state index is -0.266. The number of nitrogens with one attached hydrogen (secondary N) is 2. The van der Waals surface area contributed by atoms with E-state index in [0.29, 0.717) is 19.4 Å². The summed E-state index contributed by atoms with van der Waals surface area (Å²) in [6.45, 7) is 0.623. The first-order valence-electron chi connectivity index (χ1n) is 7.94. The zero-order valence-corrected chi connectivity index (χ0v) is 15.2. The number of hydrogen-bond acceptors (Lipinski definition) is 3. The smallest absolute Gasteiger partial charge is 0.221 e. The van der Waals surface area contributed by atoms with Crippen LogP contribution in [0, 0.1) is 5.82 Å². The highest BCUT2D eigenvalue weighted by Gasteiger charge is 2.15. The van der Waals surface area contributed by atoms with Crippen LogP contribution in [0.25, 0.3) is 0 Å². The molecule has 2 N–H and O–H groups in total. The Morgan fingerprint density at radius 2 is 1.76 bits per heavy atom. The molecule has 2 aromatic rings. The quantitative estimate of drug-likeness (QED) is 0.754. The summed E-state index contributed by atoms with van der Waals surface area (Å²) in [4.78, 5) is 12.1. The van der Waals surface area contributed by atoms with Gasteiger partial charge in [0.1, 0.15) is 11.6 Å². The summed E-state index contributed by atoms with van der Waals surface area (Å²) in [5, 5.41) is 6.02. The molecule has 0 heterocycles. The van der Waals surface area contributed by atoms with Crippen LogP contribution in [0.4, 0.5) is 4.39 Å². The fraction of sp³-hybridized carbons (Fsp3) is 0.316. The Bertz CT molecular complexity index is 647. The molecule has 0 aliphatic heterocycles. The second-order valence-electron chi connectivity index (χ2n) is 5.58. The van der Waals surface area contributed by atoms with E-state index in [0.717, 1.165) is 16.9 Å². The van der Waals surface area contributed by atoms with Gasteiger partial charge in [0, 0.05) is 13.0 Å². The SMILES string of the molecule is CNCCC(=O)NC(Cc1ccc(F)cc1)c1ccc(OC)cc1.Cl. The van der Waals surface area contributed by atoms with E-state index >= 15 is 0 Å². The Kier molecular flexibility index (Phi) is 8.95. The van der Waals surface area contributed by atoms with E-state index in [2.05, 4.69) is 10.6 Å². The lowest BCUT2D eigenvalue weighted by atomic mass is 9.98. The zero-order valence-electron chi connectivity index (χ0n) is 14.4. The average Bonchev–Trinajstić information content (AvgIpc) is 2.61. The fourth-order valence-corrected chi connectivity index (χ4v) is 2.45. The summed E-state index contributed by atoms with van der Waals surface area (Å²) in [5.41, 5.74) is 1.95. The summed E-state index contributed by atoms with van der Waals surface area (Å²) in [6, 6.07) is 13.8. The van der Waals surface area contributed by atoms with Gasteiger partial charge in [-0.3, -0.25) is 4.79 Å². The molecule has 136 valence electrons. The number of hydrogen-bond donors (Lipinski definition) is 2. The van der Waals surface area contributed by atoms with Crippen molar-refractivity contribution in [3.05, 3.63) is 65.5 Å². The molecule has 1 atom stereocenters. The van der Waals surface area contributed by atoms with Gasteiger partial charge in [-0.25, -0.2) is 4.39 Å². The molecular weight excluding hydrogens is 343 g/mol. The van der Waals surface area contributed by atoms with E-state index in [1.165, 1.54) is 12.1 Å². The molecule has 0 saturated carbocycles. The number of halogens is 2. The highest BCUT2D eigenvalue weighted by Crippen LogP contribution is 2.22. The molecule has 0 saturated heterocycles. The predicted octanol–water partition coefficient (Wildman–Crippen LogP) is 3.27. The largest absolute Gasteiger partial charge is 0.497 e. The van der Waals surface area contributed by atoms with Gasteiger partial charge in [-0.2, -0.15) is 0 Å². The van der Waals surface area contributed by atoms with Gasteiger partial charge < -0.3 is 15.4 Å². The maximum atomic E-state index is 13.1. The van der Waals surface area contributed by atoms with Crippen LogP contribution < -0.4 is 15.4 Å². The lowest BCUT2D eigenvalue weighted by Gasteiger charge is -2.20. The number of amides is 1. The van der Waals surface area contributed by atoms with Gasteiger partial charge in [-0.05, 0) is 48.9 Å². The molecule has 1 unspecified atom stereocenters. The second-order valence-corrected chi connectivity index (χ2v) is 5.58. The third-order valence-corrected chi connectivity index (χ3v) is 3.81. The Labute approximate surface area is 154 Å². The topological polar surface area (TPSA) is 50.4 Å². The lowest BCUT2D eigenvalue weighted by molar-refractivity contribution is -0.121. The van der Waals surface area contributed by atoms with Crippen molar-refractivity contribution in [3.8, 4) is 5.75 Å². The molecule has 6 heteroatoms. The van der Waals surface area contributed by atoms with E-state index in [-0.39, 0.29) is 30.2 Å². The van der Waals surface area contributed by atoms with Gasteiger partial charge in [0.25, 0.3) is 0 Å². The molecule has 0 fully saturated rings. The highest BCUT2D eigenvalue weighted by atomic mass is 35.5. The highest BCUT2D eigenvalue weighted by molar-refractivity contribution is 5.85. The molecule has 0 aliphatic carbocycles. The van der Waals surface area contributed by atoms with E-state index in [4.69, 9.17) is 4.74 Å². The molecule has 4 nitrogen and oxygen atoms in total. The normalized spacial score (nSPS) is 11.3. The predicted molar refractivity (Wildman–Crippen MR) is 99.8 cm³/mol. The van der Waals surface area contributed by atoms with E-state index in [1.54, 1.807) is 19.2 Å². The minimum Gasteiger partial charge on any atom is -0.497 e. The third kappa shape index (κ3) is 6.72. The Hall–Kier alpha value is -2.11. The van der Waals surface area contributed by atoms with Crippen LogP contribution in [0.5, 0.6) is 5.75 Å². The summed E-state index contributed by atoms with van der Waals surface area (Å²) < 4.78 is 18.3. The third-order valence-electron chi connectivity index (χ3n) is 3.81. The molecule has 25 heavy (non-hydrogen) atoms. The monoisotopic (exact) mass is 366 g/mol. The van der Waals surface area contributed by atoms with Crippen molar-refractivity contribution in [1.82, 2.24) is 10.6 Å². The van der Waals surface area contributed by atoms with Crippen molar-refractivity contribution in [1.29, 1.82) is 0 Å². The number of ether oxygens (including phenoxy) is 1. The number of carbonyl (C=O) groups is 1. The van der Waals surface area contributed by atoms with E-state index in [9.17, 15) is 9.18 Å². The molecule has 0 radical (unpaired) electrons. The number of carbonyl (C=O) groups excluding carboxylic acids is 1. The van der Waals surface area contributed by atoms with E-state index < -0.39 is 0 Å². The van der Waals surface area contributed by atoms with Crippen molar-refractivity contribution in [3.63, 3.8) is 0 Å². The van der Waals surface area contributed by atoms with Crippen molar-refractivity contribution < 1.29 is 13.9 Å². The van der Waals surface area contributed by atoms with Crippen LogP contribution >= 0.6 is 12.4 Å². The Balaban J connectivity index is 0.00000312. The molecule has 2 rings (SSSR count). The van der Waals surface area contributed by atoms with Gasteiger partial charge >= 0.3 is 0 Å². The number of benzene rings is 2. The molecule has 1 amide bonds. The van der Waals surface area contributed by atoms with Crippen molar-refractivity contribution in [2.24, 2.45) is 0 Å². The Morgan fingerprint density at radius 3 is 2.32 bits per heavy atom. The van der Waals surface area contributed by atoms with Crippen LogP contribution in [-0.4, -0.2) is 26.6 Å². The van der Waals surface area contributed by atoms with Gasteiger partial charge in [-0.15, -0.1) is 12.4 Å². The Morgan fingerprint density at radius 1 is 1.12 bits per heavy atom. The summed E-state index contributed by atoms with van der Waals surface area (Å²) >= 11 is 0. The molecular formula is C19H24ClFN2O2. The molecule has 0 aliphatic rings. The van der Waals surface area contributed by atoms with Crippen LogP contribution in [0.2, 0.25) is 0 Å². The number of methoxy groups -OCH3 is 1. The zero-order chi connectivity index (χ0) is 17.4. The standard InChI is InChI=1S/C19H23FN2O2.ClH/c1-21-12-11-19(23)22-18(13-14-3-7-16(20)8-4-14)15-5-9-17(24-2)10-6-15;/h3-10,18,21H,11-13H2,1-2H3,(H,22,23);1H. The maximum Gasteiger partial charge on any atom is 0.221 e. The molecule has 0 aromatic heterocycles. The van der Waals surface area contributed by atoms with Crippen molar-refractivity contribution in [2.45, 2.75) is 18.9 Å². The first kappa shape index (κ1) is 20.9. The first-order chi connectivity index (χ1) is 11.6. The van der Waals surface area contributed by atoms with Crippen molar-refractivity contribution in [2.75, 3.05) is 20.7 Å². The van der Waals surface area contributed by atoms with Gasteiger partial charge in [0.05, 0.1) is 13.2 Å². The molecule has 0 bridgehead atoms. The minimum absolute atomic E-state index is 0. The molecule has 0 spiro atoms. The first-order valence-corrected chi connectivity index (χ1v) is 7.94. The fourth-order valence-electron chi connectivity index (χ4n) is 2.45. The summed E-state index contributed by atoms with van der Waals surface area (Å²) in [7, 11) is 3.43.